The summed E-state index contributed by atoms with van der Waals surface area (Å²) in [5.41, 5.74) is 8.82. The maximum absolute atomic E-state index is 12.9. The van der Waals surface area contributed by atoms with E-state index in [0.29, 0.717) is 31.9 Å². The number of para-hydroxylation sites is 1. The summed E-state index contributed by atoms with van der Waals surface area (Å²) >= 11 is 0. The molecule has 0 spiro atoms. The van der Waals surface area contributed by atoms with Gasteiger partial charge in [-0.15, -0.1) is 12.4 Å². The Morgan fingerprint density at radius 3 is 2.20 bits per heavy atom. The van der Waals surface area contributed by atoms with Crippen molar-refractivity contribution in [3.05, 3.63) is 71.9 Å². The van der Waals surface area contributed by atoms with Crippen molar-refractivity contribution in [3.63, 3.8) is 0 Å². The van der Waals surface area contributed by atoms with Gasteiger partial charge in [-0.1, -0.05) is 55.5 Å². The number of amides is 2. The van der Waals surface area contributed by atoms with E-state index in [1.807, 2.05) is 72.5 Å². The van der Waals surface area contributed by atoms with Crippen LogP contribution in [0.1, 0.15) is 29.0 Å². The first-order chi connectivity index (χ1) is 14.0. The molecule has 1 aliphatic heterocycles. The number of nitrogens with zero attached hydrogens (tertiary/aromatic N) is 2. The van der Waals surface area contributed by atoms with Gasteiger partial charge in [-0.2, -0.15) is 0 Å². The first-order valence-electron chi connectivity index (χ1n) is 10.0. The van der Waals surface area contributed by atoms with Gasteiger partial charge < -0.3 is 20.5 Å². The summed E-state index contributed by atoms with van der Waals surface area (Å²) in [6.07, 6.45) is 0. The van der Waals surface area contributed by atoms with Gasteiger partial charge in [-0.05, 0) is 17.7 Å². The highest BCUT2D eigenvalue weighted by molar-refractivity contribution is 5.98. The molecular formula is C23H27ClN4O2. The van der Waals surface area contributed by atoms with Crippen molar-refractivity contribution in [2.45, 2.75) is 13.0 Å². The highest BCUT2D eigenvalue weighted by Gasteiger charge is 2.30. The molecule has 1 saturated heterocycles. The van der Waals surface area contributed by atoms with E-state index in [4.69, 9.17) is 5.73 Å². The second-order valence-electron chi connectivity index (χ2n) is 7.61. The molecule has 1 aromatic heterocycles. The van der Waals surface area contributed by atoms with Crippen molar-refractivity contribution in [3.8, 4) is 0 Å². The number of carbonyl (C=O) groups is 2. The predicted octanol–water partition coefficient (Wildman–Crippen LogP) is 3.21. The highest BCUT2D eigenvalue weighted by Crippen LogP contribution is 2.22. The average molecular weight is 427 g/mol. The third kappa shape index (κ3) is 4.35. The molecule has 1 fully saturated rings. The van der Waals surface area contributed by atoms with E-state index in [-0.39, 0.29) is 36.2 Å². The Hall–Kier alpha value is -2.83. The summed E-state index contributed by atoms with van der Waals surface area (Å²) in [7, 11) is 0. The maximum atomic E-state index is 12.9. The van der Waals surface area contributed by atoms with Gasteiger partial charge in [-0.3, -0.25) is 9.59 Å². The smallest absolute Gasteiger partial charge is 0.270 e. The number of piperazine rings is 1. The lowest BCUT2D eigenvalue weighted by Crippen LogP contribution is -2.52. The molecule has 2 amide bonds. The van der Waals surface area contributed by atoms with Gasteiger partial charge in [0.05, 0.1) is 5.92 Å². The van der Waals surface area contributed by atoms with Crippen LogP contribution in [0.3, 0.4) is 0 Å². The third-order valence-corrected chi connectivity index (χ3v) is 5.75. The van der Waals surface area contributed by atoms with Gasteiger partial charge in [-0.25, -0.2) is 0 Å². The van der Waals surface area contributed by atoms with Crippen molar-refractivity contribution >= 4 is 35.1 Å². The zero-order valence-corrected chi connectivity index (χ0v) is 17.8. The molecule has 7 heteroatoms. The Balaban J connectivity index is 0.00000256. The van der Waals surface area contributed by atoms with E-state index in [1.54, 1.807) is 4.90 Å². The van der Waals surface area contributed by atoms with Gasteiger partial charge in [0.1, 0.15) is 5.69 Å². The first kappa shape index (κ1) is 21.9. The number of hydrogen-bond donors (Lipinski definition) is 2. The molecule has 1 aliphatic rings. The molecule has 158 valence electrons. The number of carbonyl (C=O) groups excluding carboxylic acids is 2. The van der Waals surface area contributed by atoms with Crippen molar-refractivity contribution in [1.82, 2.24) is 14.8 Å². The lowest BCUT2D eigenvalue weighted by molar-refractivity contribution is -0.137. The van der Waals surface area contributed by atoms with Gasteiger partial charge in [0, 0.05) is 43.1 Å². The summed E-state index contributed by atoms with van der Waals surface area (Å²) in [6.45, 7) is 3.97. The monoisotopic (exact) mass is 426 g/mol. The predicted molar refractivity (Wildman–Crippen MR) is 121 cm³/mol. The van der Waals surface area contributed by atoms with E-state index < -0.39 is 0 Å². The van der Waals surface area contributed by atoms with Gasteiger partial charge in [0.15, 0.2) is 0 Å². The molecule has 0 radical (unpaired) electrons. The molecule has 30 heavy (non-hydrogen) atoms. The second kappa shape index (κ2) is 9.32. The lowest BCUT2D eigenvalue weighted by atomic mass is 9.94. The fourth-order valence-corrected chi connectivity index (χ4v) is 3.89. The Morgan fingerprint density at radius 2 is 1.53 bits per heavy atom. The molecule has 4 rings (SSSR count). The largest absolute Gasteiger partial charge is 0.351 e. The number of nitrogens with two attached hydrogens (primary N) is 1. The van der Waals surface area contributed by atoms with Crippen LogP contribution in [-0.2, 0) is 4.79 Å². The number of fused-ring (bicyclic) bond motifs is 1. The molecule has 2 unspecified atom stereocenters. The molecular weight excluding hydrogens is 400 g/mol. The highest BCUT2D eigenvalue weighted by atomic mass is 35.5. The molecule has 2 aromatic carbocycles. The summed E-state index contributed by atoms with van der Waals surface area (Å²) in [5.74, 6) is -0.297. The van der Waals surface area contributed by atoms with Gasteiger partial charge in [0.25, 0.3) is 5.91 Å². The fraction of sp³-hybridized carbons (Fsp3) is 0.304. The van der Waals surface area contributed by atoms with Crippen LogP contribution in [0, 0.1) is 5.92 Å². The Labute approximate surface area is 182 Å². The normalized spacial score (nSPS) is 16.1. The molecule has 3 aromatic rings. The number of hydrogen-bond acceptors (Lipinski definition) is 3. The number of H-pyrrole nitrogens is 1. The minimum atomic E-state index is -0.338. The zero-order chi connectivity index (χ0) is 20.4. The number of aromatic amines is 1. The second-order valence-corrected chi connectivity index (χ2v) is 7.61. The van der Waals surface area contributed by atoms with E-state index in [0.717, 1.165) is 16.5 Å². The van der Waals surface area contributed by atoms with E-state index in [2.05, 4.69) is 4.98 Å². The Kier molecular flexibility index (Phi) is 6.80. The summed E-state index contributed by atoms with van der Waals surface area (Å²) < 4.78 is 0. The third-order valence-electron chi connectivity index (χ3n) is 5.75. The van der Waals surface area contributed by atoms with E-state index >= 15 is 0 Å². The molecule has 2 atom stereocenters. The molecule has 0 aliphatic carbocycles. The van der Waals surface area contributed by atoms with Crippen molar-refractivity contribution in [2.24, 2.45) is 11.7 Å². The minimum absolute atomic E-state index is 0. The SMILES string of the molecule is CC(C(=O)N1CCN(C(=O)c2cc3ccccc3[nH]2)CC1)C(N)c1ccccc1.Cl. The molecule has 0 saturated carbocycles. The van der Waals surface area contributed by atoms with Crippen molar-refractivity contribution in [1.29, 1.82) is 0 Å². The number of rotatable bonds is 4. The summed E-state index contributed by atoms with van der Waals surface area (Å²) in [4.78, 5) is 32.6. The van der Waals surface area contributed by atoms with Crippen LogP contribution in [0.5, 0.6) is 0 Å². The molecule has 0 bridgehead atoms. The number of benzene rings is 2. The van der Waals surface area contributed by atoms with Crippen LogP contribution in [0.2, 0.25) is 0 Å². The average Bonchev–Trinajstić information content (AvgIpc) is 3.22. The standard InChI is InChI=1S/C23H26N4O2.ClH/c1-16(21(24)17-7-3-2-4-8-17)22(28)26-11-13-27(14-12-26)23(29)20-15-18-9-5-6-10-19(18)25-20;/h2-10,15-16,21,25H,11-14,24H2,1H3;1H. The van der Waals surface area contributed by atoms with Crippen molar-refractivity contribution in [2.75, 3.05) is 26.2 Å². The van der Waals surface area contributed by atoms with E-state index in [1.165, 1.54) is 0 Å². The zero-order valence-electron chi connectivity index (χ0n) is 17.0. The number of nitrogens with one attached hydrogen (secondary N) is 1. The number of aromatic nitrogens is 1. The molecule has 2 heterocycles. The lowest BCUT2D eigenvalue weighted by Gasteiger charge is -2.36. The van der Waals surface area contributed by atoms with Gasteiger partial charge in [0.2, 0.25) is 5.91 Å². The van der Waals surface area contributed by atoms with Crippen LogP contribution in [0.4, 0.5) is 0 Å². The number of halogens is 1. The summed E-state index contributed by atoms with van der Waals surface area (Å²) in [6, 6.07) is 19.1. The first-order valence-corrected chi connectivity index (χ1v) is 10.0. The van der Waals surface area contributed by atoms with Crippen LogP contribution < -0.4 is 5.73 Å². The molecule has 3 N–H and O–H groups in total. The van der Waals surface area contributed by atoms with E-state index in [9.17, 15) is 9.59 Å². The van der Waals surface area contributed by atoms with Crippen LogP contribution in [-0.4, -0.2) is 52.8 Å². The minimum Gasteiger partial charge on any atom is -0.351 e. The van der Waals surface area contributed by atoms with Crippen molar-refractivity contribution < 1.29 is 9.59 Å². The topological polar surface area (TPSA) is 82.4 Å². The Bertz CT molecular complexity index is 979. The molecule has 6 nitrogen and oxygen atoms in total. The maximum Gasteiger partial charge on any atom is 0.270 e. The Morgan fingerprint density at radius 1 is 0.933 bits per heavy atom. The fourth-order valence-electron chi connectivity index (χ4n) is 3.89. The summed E-state index contributed by atoms with van der Waals surface area (Å²) in [5, 5.41) is 1.02. The van der Waals surface area contributed by atoms with Crippen LogP contribution in [0.15, 0.2) is 60.7 Å². The quantitative estimate of drug-likeness (QED) is 0.672. The van der Waals surface area contributed by atoms with Crippen LogP contribution in [0.25, 0.3) is 10.9 Å². The van der Waals surface area contributed by atoms with Crippen LogP contribution >= 0.6 is 12.4 Å². The van der Waals surface area contributed by atoms with Gasteiger partial charge >= 0.3 is 0 Å².